The molecule has 0 unspecified atom stereocenters. The summed E-state index contributed by atoms with van der Waals surface area (Å²) in [6.07, 6.45) is 5.14. The van der Waals surface area contributed by atoms with Gasteiger partial charge >= 0.3 is 0 Å². The van der Waals surface area contributed by atoms with Crippen LogP contribution in [-0.4, -0.2) is 15.9 Å². The Balaban J connectivity index is 1.98. The third-order valence-electron chi connectivity index (χ3n) is 2.78. The molecule has 106 valence electrons. The molecule has 0 atom stereocenters. The fourth-order valence-corrected chi connectivity index (χ4v) is 2.60. The minimum absolute atomic E-state index is 0.720. The quantitative estimate of drug-likeness (QED) is 0.697. The van der Waals surface area contributed by atoms with Crippen LogP contribution in [0.3, 0.4) is 0 Å². The number of pyridine rings is 1. The molecular weight excluding hydrogens is 284 g/mol. The first-order valence-corrected chi connectivity index (χ1v) is 7.33. The minimum Gasteiger partial charge on any atom is -0.460 e. The number of nitrogens with zero attached hydrogens (tertiary/aromatic N) is 4. The summed E-state index contributed by atoms with van der Waals surface area (Å²) in [5.74, 6) is 1.58. The van der Waals surface area contributed by atoms with Crippen LogP contribution >= 0.6 is 11.3 Å². The van der Waals surface area contributed by atoms with Gasteiger partial charge in [0.2, 0.25) is 4.80 Å². The van der Waals surface area contributed by atoms with Gasteiger partial charge in [0.25, 0.3) is 0 Å². The maximum atomic E-state index is 5.48. The molecule has 3 aromatic rings. The van der Waals surface area contributed by atoms with Crippen LogP contribution in [0.15, 0.2) is 56.6 Å². The van der Waals surface area contributed by atoms with Crippen LogP contribution in [0, 0.1) is 13.8 Å². The lowest BCUT2D eigenvalue weighted by Crippen LogP contribution is -2.11. The van der Waals surface area contributed by atoms with Gasteiger partial charge in [-0.1, -0.05) is 0 Å². The molecule has 0 radical (unpaired) electrons. The van der Waals surface area contributed by atoms with Crippen LogP contribution < -0.4 is 4.80 Å². The Morgan fingerprint density at radius 1 is 1.29 bits per heavy atom. The zero-order valence-corrected chi connectivity index (χ0v) is 12.5. The molecule has 0 aromatic carbocycles. The highest BCUT2D eigenvalue weighted by molar-refractivity contribution is 7.07. The van der Waals surface area contributed by atoms with Gasteiger partial charge < -0.3 is 4.42 Å². The van der Waals surface area contributed by atoms with Crippen LogP contribution in [-0.2, 0) is 0 Å². The van der Waals surface area contributed by atoms with Crippen molar-refractivity contribution in [3.05, 3.63) is 64.1 Å². The SMILES string of the molecule is Cc1ccc(C=Nn2c(C)csc2=Nc2cccnc2)o1. The fraction of sp³-hybridized carbons (Fsp3) is 0.133. The summed E-state index contributed by atoms with van der Waals surface area (Å²) in [6, 6.07) is 7.57. The number of hydrogen-bond acceptors (Lipinski definition) is 5. The van der Waals surface area contributed by atoms with E-state index in [-0.39, 0.29) is 0 Å². The van der Waals surface area contributed by atoms with Gasteiger partial charge in [-0.3, -0.25) is 4.98 Å². The highest BCUT2D eigenvalue weighted by Gasteiger charge is 2.00. The van der Waals surface area contributed by atoms with Crippen molar-refractivity contribution >= 4 is 23.2 Å². The van der Waals surface area contributed by atoms with Gasteiger partial charge in [0.1, 0.15) is 11.5 Å². The average molecular weight is 298 g/mol. The molecule has 0 N–H and O–H groups in total. The van der Waals surface area contributed by atoms with Crippen molar-refractivity contribution in [1.82, 2.24) is 9.66 Å². The summed E-state index contributed by atoms with van der Waals surface area (Å²) in [5.41, 5.74) is 1.82. The van der Waals surface area contributed by atoms with E-state index in [0.29, 0.717) is 0 Å². The Labute approximate surface area is 125 Å². The molecule has 0 aliphatic carbocycles. The molecule has 3 aromatic heterocycles. The molecule has 0 fully saturated rings. The van der Waals surface area contributed by atoms with Crippen molar-refractivity contribution in [1.29, 1.82) is 0 Å². The summed E-state index contributed by atoms with van der Waals surface area (Å²) in [5, 5.41) is 6.45. The van der Waals surface area contributed by atoms with Gasteiger partial charge in [0, 0.05) is 11.6 Å². The molecule has 3 rings (SSSR count). The highest BCUT2D eigenvalue weighted by atomic mass is 32.1. The maximum Gasteiger partial charge on any atom is 0.211 e. The molecule has 5 nitrogen and oxygen atoms in total. The smallest absolute Gasteiger partial charge is 0.211 e. The predicted octanol–water partition coefficient (Wildman–Crippen LogP) is 3.27. The second-order valence-corrected chi connectivity index (χ2v) is 5.32. The van der Waals surface area contributed by atoms with Crippen LogP contribution in [0.2, 0.25) is 0 Å². The summed E-state index contributed by atoms with van der Waals surface area (Å²) >= 11 is 1.54. The van der Waals surface area contributed by atoms with Crippen molar-refractivity contribution in [2.45, 2.75) is 13.8 Å². The molecule has 21 heavy (non-hydrogen) atoms. The van der Waals surface area contributed by atoms with Crippen LogP contribution in [0.1, 0.15) is 17.2 Å². The minimum atomic E-state index is 0.720. The number of thiazole rings is 1. The Kier molecular flexibility index (Phi) is 3.79. The highest BCUT2D eigenvalue weighted by Crippen LogP contribution is 2.09. The molecule has 0 aliphatic heterocycles. The van der Waals surface area contributed by atoms with Crippen LogP contribution in [0.5, 0.6) is 0 Å². The number of aromatic nitrogens is 2. The van der Waals surface area contributed by atoms with E-state index < -0.39 is 0 Å². The summed E-state index contributed by atoms with van der Waals surface area (Å²) in [6.45, 7) is 3.90. The first-order chi connectivity index (χ1) is 10.2. The first-order valence-electron chi connectivity index (χ1n) is 6.45. The topological polar surface area (TPSA) is 55.7 Å². The van der Waals surface area contributed by atoms with Gasteiger partial charge in [-0.25, -0.2) is 9.67 Å². The zero-order chi connectivity index (χ0) is 14.7. The normalized spacial score (nSPS) is 12.4. The largest absolute Gasteiger partial charge is 0.460 e. The molecule has 0 aliphatic rings. The average Bonchev–Trinajstić information content (AvgIpc) is 3.05. The Hall–Kier alpha value is -2.47. The Bertz CT molecular complexity index is 827. The maximum absolute atomic E-state index is 5.48. The molecule has 6 heteroatoms. The number of aryl methyl sites for hydroxylation is 2. The van der Waals surface area contributed by atoms with Crippen molar-refractivity contribution in [2.24, 2.45) is 10.1 Å². The molecule has 3 heterocycles. The first kappa shape index (κ1) is 13.5. The van der Waals surface area contributed by atoms with Crippen LogP contribution in [0.4, 0.5) is 5.69 Å². The molecule has 0 saturated heterocycles. The lowest BCUT2D eigenvalue weighted by Gasteiger charge is -1.96. The van der Waals surface area contributed by atoms with Gasteiger partial charge in [0.15, 0.2) is 0 Å². The van der Waals surface area contributed by atoms with E-state index in [0.717, 1.165) is 27.7 Å². The molecule has 0 saturated carbocycles. The second-order valence-electron chi connectivity index (χ2n) is 4.49. The molecule has 0 bridgehead atoms. The van der Waals surface area contributed by atoms with E-state index in [1.165, 1.54) is 11.3 Å². The van der Waals surface area contributed by atoms with E-state index in [9.17, 15) is 0 Å². The lowest BCUT2D eigenvalue weighted by atomic mass is 10.4. The number of furan rings is 1. The van der Waals surface area contributed by atoms with Gasteiger partial charge in [-0.2, -0.15) is 5.10 Å². The van der Waals surface area contributed by atoms with Crippen molar-refractivity contribution in [2.75, 3.05) is 0 Å². The Morgan fingerprint density at radius 2 is 2.19 bits per heavy atom. The van der Waals surface area contributed by atoms with Crippen LogP contribution in [0.25, 0.3) is 0 Å². The van der Waals surface area contributed by atoms with Gasteiger partial charge in [0.05, 0.1) is 23.8 Å². The van der Waals surface area contributed by atoms with E-state index in [2.05, 4.69) is 15.1 Å². The van der Waals surface area contributed by atoms with E-state index in [4.69, 9.17) is 4.42 Å². The van der Waals surface area contributed by atoms with Gasteiger partial charge in [-0.15, -0.1) is 11.3 Å². The monoisotopic (exact) mass is 298 g/mol. The third kappa shape index (κ3) is 3.17. The van der Waals surface area contributed by atoms with Crippen molar-refractivity contribution in [3.63, 3.8) is 0 Å². The number of hydrogen-bond donors (Lipinski definition) is 0. The summed E-state index contributed by atoms with van der Waals surface area (Å²) in [4.78, 5) is 9.41. The molecular formula is C15H14N4OS. The molecule has 0 spiro atoms. The standard InChI is InChI=1S/C15H14N4OS/c1-11-10-21-15(18-13-4-3-7-16-8-13)19(11)17-9-14-6-5-12(2)20-14/h3-10H,1-2H3. The summed E-state index contributed by atoms with van der Waals surface area (Å²) < 4.78 is 7.27. The van der Waals surface area contributed by atoms with Crippen molar-refractivity contribution < 1.29 is 4.42 Å². The predicted molar refractivity (Wildman–Crippen MR) is 82.9 cm³/mol. The van der Waals surface area contributed by atoms with E-state index >= 15 is 0 Å². The molecule has 0 amide bonds. The van der Waals surface area contributed by atoms with E-state index in [1.54, 1.807) is 23.3 Å². The third-order valence-corrected chi connectivity index (χ3v) is 3.72. The van der Waals surface area contributed by atoms with Gasteiger partial charge in [-0.05, 0) is 38.1 Å². The number of rotatable bonds is 3. The van der Waals surface area contributed by atoms with E-state index in [1.807, 2.05) is 43.5 Å². The lowest BCUT2D eigenvalue weighted by molar-refractivity contribution is 0.527. The van der Waals surface area contributed by atoms with Crippen molar-refractivity contribution in [3.8, 4) is 0 Å². The fourth-order valence-electron chi connectivity index (χ4n) is 1.77. The zero-order valence-electron chi connectivity index (χ0n) is 11.7. The second kappa shape index (κ2) is 5.88. The summed E-state index contributed by atoms with van der Waals surface area (Å²) in [7, 11) is 0. The Morgan fingerprint density at radius 3 is 2.90 bits per heavy atom.